The molecule has 0 aliphatic carbocycles. The fourth-order valence-corrected chi connectivity index (χ4v) is 3.18. The first-order valence-electron chi connectivity index (χ1n) is 8.47. The summed E-state index contributed by atoms with van der Waals surface area (Å²) >= 11 is 0. The Morgan fingerprint density at radius 2 is 1.73 bits per heavy atom. The van der Waals surface area contributed by atoms with Crippen molar-refractivity contribution < 1.29 is 9.53 Å². The molecule has 5 nitrogen and oxygen atoms in total. The molecule has 2 aromatic heterocycles. The van der Waals surface area contributed by atoms with E-state index in [0.717, 1.165) is 11.3 Å². The predicted molar refractivity (Wildman–Crippen MR) is 101 cm³/mol. The van der Waals surface area contributed by atoms with E-state index in [4.69, 9.17) is 4.74 Å². The van der Waals surface area contributed by atoms with Crippen LogP contribution in [0.3, 0.4) is 0 Å². The van der Waals surface area contributed by atoms with Crippen LogP contribution in [0, 0.1) is 13.8 Å². The fourth-order valence-electron chi connectivity index (χ4n) is 3.18. The van der Waals surface area contributed by atoms with Gasteiger partial charge in [-0.2, -0.15) is 0 Å². The second kappa shape index (κ2) is 7.44. The van der Waals surface area contributed by atoms with E-state index in [1.807, 2.05) is 38.2 Å². The van der Waals surface area contributed by atoms with Crippen molar-refractivity contribution in [3.8, 4) is 5.75 Å². The van der Waals surface area contributed by atoms with Gasteiger partial charge in [0, 0.05) is 36.3 Å². The number of carbonyl (C=O) groups is 1. The fraction of sp³-hybridized carbons (Fsp3) is 0.238. The summed E-state index contributed by atoms with van der Waals surface area (Å²) in [6.07, 6.45) is 3.55. The summed E-state index contributed by atoms with van der Waals surface area (Å²) in [6.45, 7) is 4.57. The van der Waals surface area contributed by atoms with Crippen LogP contribution in [0.1, 0.15) is 27.2 Å². The first kappa shape index (κ1) is 17.7. The molecule has 2 heterocycles. The van der Waals surface area contributed by atoms with E-state index in [-0.39, 0.29) is 17.9 Å². The third-order valence-electron chi connectivity index (χ3n) is 4.52. The van der Waals surface area contributed by atoms with Crippen LogP contribution in [-0.2, 0) is 13.1 Å². The molecular formula is C21H22N2O3. The Labute approximate surface area is 152 Å². The Hall–Kier alpha value is -3.08. The van der Waals surface area contributed by atoms with Gasteiger partial charge in [0.25, 0.3) is 5.56 Å². The second-order valence-corrected chi connectivity index (χ2v) is 6.34. The minimum atomic E-state index is -0.224. The van der Waals surface area contributed by atoms with Gasteiger partial charge in [0.05, 0.1) is 13.7 Å². The molecule has 0 fully saturated rings. The molecule has 0 aliphatic rings. The number of pyridine rings is 1. The minimum absolute atomic E-state index is 0.00688. The third-order valence-corrected chi connectivity index (χ3v) is 4.52. The number of ketones is 1. The van der Waals surface area contributed by atoms with E-state index < -0.39 is 0 Å². The lowest BCUT2D eigenvalue weighted by Crippen LogP contribution is -2.23. The Balaban J connectivity index is 1.87. The summed E-state index contributed by atoms with van der Waals surface area (Å²) in [5.41, 5.74) is 3.45. The van der Waals surface area contributed by atoms with E-state index in [2.05, 4.69) is 16.7 Å². The van der Waals surface area contributed by atoms with Crippen molar-refractivity contribution in [3.63, 3.8) is 0 Å². The molecule has 0 radical (unpaired) electrons. The van der Waals surface area contributed by atoms with Crippen molar-refractivity contribution in [1.29, 1.82) is 0 Å². The number of aryl methyl sites for hydroxylation is 1. The van der Waals surface area contributed by atoms with Crippen LogP contribution in [-0.4, -0.2) is 22.0 Å². The van der Waals surface area contributed by atoms with Gasteiger partial charge in [-0.05, 0) is 31.0 Å². The first-order chi connectivity index (χ1) is 12.5. The zero-order valence-corrected chi connectivity index (χ0v) is 15.2. The number of Topliss-reactive ketones (excluding diaryl/α,β-unsaturated/α-hetero) is 1. The number of hydrogen-bond donors (Lipinski definition) is 0. The van der Waals surface area contributed by atoms with Crippen molar-refractivity contribution in [2.24, 2.45) is 0 Å². The van der Waals surface area contributed by atoms with Crippen molar-refractivity contribution in [1.82, 2.24) is 9.13 Å². The van der Waals surface area contributed by atoms with E-state index in [9.17, 15) is 9.59 Å². The third kappa shape index (κ3) is 3.61. The summed E-state index contributed by atoms with van der Waals surface area (Å²) in [4.78, 5) is 24.9. The molecule has 3 rings (SSSR count). The van der Waals surface area contributed by atoms with Crippen LogP contribution in [0.2, 0.25) is 0 Å². The maximum atomic E-state index is 12.9. The normalized spacial score (nSPS) is 10.7. The van der Waals surface area contributed by atoms with Gasteiger partial charge in [-0.25, -0.2) is 0 Å². The molecule has 0 amide bonds. The van der Waals surface area contributed by atoms with Crippen LogP contribution in [0.4, 0.5) is 0 Å². The highest BCUT2D eigenvalue weighted by molar-refractivity contribution is 5.98. The van der Waals surface area contributed by atoms with Gasteiger partial charge in [-0.3, -0.25) is 9.59 Å². The van der Waals surface area contributed by atoms with E-state index in [1.165, 1.54) is 23.3 Å². The average molecular weight is 350 g/mol. The van der Waals surface area contributed by atoms with Crippen LogP contribution in [0.15, 0.2) is 59.7 Å². The maximum absolute atomic E-state index is 12.9. The number of rotatable bonds is 6. The molecule has 0 saturated heterocycles. The van der Waals surface area contributed by atoms with Crippen molar-refractivity contribution in [2.45, 2.75) is 26.9 Å². The van der Waals surface area contributed by atoms with Crippen LogP contribution in [0.25, 0.3) is 0 Å². The standard InChI is InChI=1S/C21H22N2O3/c1-15-11-22(12-17-7-5-4-6-8-17)16(2)21(15)19(24)14-23-13-18(26-3)9-10-20(23)25/h4-11,13H,12,14H2,1-3H3. The lowest BCUT2D eigenvalue weighted by Gasteiger charge is -2.09. The largest absolute Gasteiger partial charge is 0.495 e. The number of carbonyl (C=O) groups excluding carboxylic acids is 1. The summed E-state index contributed by atoms with van der Waals surface area (Å²) in [6, 6.07) is 13.1. The number of hydrogen-bond acceptors (Lipinski definition) is 3. The van der Waals surface area contributed by atoms with Crippen LogP contribution in [0.5, 0.6) is 5.75 Å². The molecule has 26 heavy (non-hydrogen) atoms. The zero-order chi connectivity index (χ0) is 18.7. The molecule has 0 unspecified atom stereocenters. The molecule has 0 bridgehead atoms. The van der Waals surface area contributed by atoms with E-state index in [1.54, 1.807) is 12.3 Å². The Morgan fingerprint density at radius 3 is 2.42 bits per heavy atom. The summed E-state index contributed by atoms with van der Waals surface area (Å²) < 4.78 is 8.60. The number of ether oxygens (including phenoxy) is 1. The molecule has 3 aromatic rings. The van der Waals surface area contributed by atoms with Gasteiger partial charge >= 0.3 is 0 Å². The highest BCUT2D eigenvalue weighted by atomic mass is 16.5. The summed E-state index contributed by atoms with van der Waals surface area (Å²) in [5.74, 6) is 0.467. The van der Waals surface area contributed by atoms with Gasteiger partial charge < -0.3 is 13.9 Å². The smallest absolute Gasteiger partial charge is 0.251 e. The van der Waals surface area contributed by atoms with Gasteiger partial charge in [0.15, 0.2) is 5.78 Å². The number of benzene rings is 1. The molecular weight excluding hydrogens is 328 g/mol. The maximum Gasteiger partial charge on any atom is 0.251 e. The van der Waals surface area contributed by atoms with Gasteiger partial charge in [-0.1, -0.05) is 30.3 Å². The highest BCUT2D eigenvalue weighted by Gasteiger charge is 2.18. The Morgan fingerprint density at radius 1 is 1.00 bits per heavy atom. The van der Waals surface area contributed by atoms with Crippen molar-refractivity contribution >= 4 is 5.78 Å². The zero-order valence-electron chi connectivity index (χ0n) is 15.2. The molecule has 0 aliphatic heterocycles. The molecule has 0 spiro atoms. The van der Waals surface area contributed by atoms with Gasteiger partial charge in [0.1, 0.15) is 5.75 Å². The van der Waals surface area contributed by atoms with Crippen molar-refractivity contribution in [3.05, 3.63) is 87.6 Å². The first-order valence-corrected chi connectivity index (χ1v) is 8.47. The lowest BCUT2D eigenvalue weighted by molar-refractivity contribution is 0.0969. The molecule has 1 aromatic carbocycles. The Kier molecular flexibility index (Phi) is 5.07. The average Bonchev–Trinajstić information content (AvgIpc) is 2.91. The number of aromatic nitrogens is 2. The van der Waals surface area contributed by atoms with Gasteiger partial charge in [0.2, 0.25) is 0 Å². The predicted octanol–water partition coefficient (Wildman–Crippen LogP) is 3.21. The minimum Gasteiger partial charge on any atom is -0.495 e. The van der Waals surface area contributed by atoms with Crippen LogP contribution >= 0.6 is 0 Å². The number of nitrogens with zero attached hydrogens (tertiary/aromatic N) is 2. The van der Waals surface area contributed by atoms with Crippen molar-refractivity contribution in [2.75, 3.05) is 7.11 Å². The monoisotopic (exact) mass is 350 g/mol. The molecule has 0 N–H and O–H groups in total. The molecule has 0 atom stereocenters. The molecule has 5 heteroatoms. The highest BCUT2D eigenvalue weighted by Crippen LogP contribution is 2.19. The van der Waals surface area contributed by atoms with Crippen LogP contribution < -0.4 is 10.3 Å². The van der Waals surface area contributed by atoms with E-state index in [0.29, 0.717) is 17.9 Å². The Bertz CT molecular complexity index is 984. The SMILES string of the molecule is COc1ccc(=O)n(CC(=O)c2c(C)cn(Cc3ccccc3)c2C)c1. The topological polar surface area (TPSA) is 53.2 Å². The number of methoxy groups -OCH3 is 1. The molecule has 0 saturated carbocycles. The van der Waals surface area contributed by atoms with Gasteiger partial charge in [-0.15, -0.1) is 0 Å². The quantitative estimate of drug-likeness (QED) is 0.642. The lowest BCUT2D eigenvalue weighted by atomic mass is 10.1. The van der Waals surface area contributed by atoms with E-state index >= 15 is 0 Å². The molecule has 134 valence electrons. The second-order valence-electron chi connectivity index (χ2n) is 6.34. The summed E-state index contributed by atoms with van der Waals surface area (Å²) in [7, 11) is 1.53. The summed E-state index contributed by atoms with van der Waals surface area (Å²) in [5, 5.41) is 0.